The van der Waals surface area contributed by atoms with Crippen LogP contribution in [0.1, 0.15) is 26.3 Å². The van der Waals surface area contributed by atoms with Gasteiger partial charge in [-0.05, 0) is 53.6 Å². The number of rotatable bonds is 7. The van der Waals surface area contributed by atoms with Crippen molar-refractivity contribution in [1.82, 2.24) is 0 Å². The van der Waals surface area contributed by atoms with E-state index in [9.17, 15) is 9.59 Å². The highest BCUT2D eigenvalue weighted by Gasteiger charge is 2.16. The minimum atomic E-state index is -0.976. The third kappa shape index (κ3) is 4.48. The molecule has 0 bridgehead atoms. The smallest absolute Gasteiger partial charge is 0.335 e. The van der Waals surface area contributed by atoms with Gasteiger partial charge in [-0.2, -0.15) is 0 Å². The summed E-state index contributed by atoms with van der Waals surface area (Å²) in [5.74, 6) is 0.226. The van der Waals surface area contributed by atoms with Gasteiger partial charge in [0.2, 0.25) is 0 Å². The zero-order valence-electron chi connectivity index (χ0n) is 18.2. The van der Waals surface area contributed by atoms with Crippen molar-refractivity contribution >= 4 is 11.8 Å². The van der Waals surface area contributed by atoms with Crippen LogP contribution in [0.4, 0.5) is 0 Å². The first-order chi connectivity index (χ1) is 16.0. The van der Waals surface area contributed by atoms with Crippen molar-refractivity contribution in [2.45, 2.75) is 0 Å². The highest BCUT2D eigenvalue weighted by Crippen LogP contribution is 2.37. The van der Waals surface area contributed by atoms with Crippen LogP contribution in [0, 0.1) is 0 Å². The Bertz CT molecular complexity index is 1320. The normalized spacial score (nSPS) is 10.5. The highest BCUT2D eigenvalue weighted by molar-refractivity contribution is 6.10. The second-order valence-corrected chi connectivity index (χ2v) is 7.41. The summed E-state index contributed by atoms with van der Waals surface area (Å²) in [5, 5.41) is 9.10. The summed E-state index contributed by atoms with van der Waals surface area (Å²) in [6, 6.07) is 26.8. The Morgan fingerprint density at radius 1 is 0.606 bits per heavy atom. The van der Waals surface area contributed by atoms with E-state index in [2.05, 4.69) is 0 Å². The summed E-state index contributed by atoms with van der Waals surface area (Å²) in [5.41, 5.74) is 4.53. The Balaban J connectivity index is 1.71. The van der Waals surface area contributed by atoms with E-state index in [0.29, 0.717) is 22.6 Å². The first-order valence-corrected chi connectivity index (χ1v) is 10.3. The van der Waals surface area contributed by atoms with Crippen LogP contribution in [-0.4, -0.2) is 31.1 Å². The molecule has 0 unspecified atom stereocenters. The second kappa shape index (κ2) is 9.40. The lowest BCUT2D eigenvalue weighted by molar-refractivity contribution is 0.0696. The molecule has 0 aromatic heterocycles. The molecule has 0 atom stereocenters. The lowest BCUT2D eigenvalue weighted by atomic mass is 9.95. The topological polar surface area (TPSA) is 72.8 Å². The largest absolute Gasteiger partial charge is 0.496 e. The van der Waals surface area contributed by atoms with Gasteiger partial charge in [0.05, 0.1) is 19.8 Å². The molecule has 4 rings (SSSR count). The van der Waals surface area contributed by atoms with Crippen molar-refractivity contribution in [2.75, 3.05) is 14.2 Å². The molecule has 0 fully saturated rings. The number of para-hydroxylation sites is 1. The summed E-state index contributed by atoms with van der Waals surface area (Å²) < 4.78 is 11.0. The number of carbonyl (C=O) groups excluding carboxylic acids is 1. The molecule has 0 aliphatic rings. The Morgan fingerprint density at radius 2 is 1.24 bits per heavy atom. The summed E-state index contributed by atoms with van der Waals surface area (Å²) in [6.07, 6.45) is 0. The zero-order valence-corrected chi connectivity index (χ0v) is 18.2. The fraction of sp³-hybridized carbons (Fsp3) is 0.0714. The number of carboxylic acid groups (broad SMARTS) is 1. The molecule has 5 nitrogen and oxygen atoms in total. The second-order valence-electron chi connectivity index (χ2n) is 7.41. The number of ether oxygens (including phenoxy) is 2. The molecule has 0 radical (unpaired) electrons. The van der Waals surface area contributed by atoms with Gasteiger partial charge in [0, 0.05) is 22.3 Å². The maximum absolute atomic E-state index is 13.4. The summed E-state index contributed by atoms with van der Waals surface area (Å²) in [7, 11) is 3.20. The first kappa shape index (κ1) is 21.8. The molecule has 0 aliphatic heterocycles. The molecule has 4 aromatic rings. The Kier molecular flexibility index (Phi) is 6.22. The van der Waals surface area contributed by atoms with E-state index >= 15 is 0 Å². The van der Waals surface area contributed by atoms with E-state index in [4.69, 9.17) is 14.6 Å². The van der Waals surface area contributed by atoms with Crippen molar-refractivity contribution in [3.05, 3.63) is 108 Å². The monoisotopic (exact) mass is 438 g/mol. The number of benzene rings is 4. The van der Waals surface area contributed by atoms with Gasteiger partial charge in [0.1, 0.15) is 11.5 Å². The maximum Gasteiger partial charge on any atom is 0.335 e. The number of ketones is 1. The summed E-state index contributed by atoms with van der Waals surface area (Å²) in [6.45, 7) is 0. The average Bonchev–Trinajstić information content (AvgIpc) is 2.88. The zero-order chi connectivity index (χ0) is 23.4. The SMILES string of the molecule is COc1ccccc1-c1cc(C(=O)c2cccc(-c3ccc(C(=O)O)cc3)c2)ccc1OC. The molecular formula is C28H22O5. The van der Waals surface area contributed by atoms with Crippen LogP contribution in [0.5, 0.6) is 11.5 Å². The lowest BCUT2D eigenvalue weighted by Crippen LogP contribution is -2.03. The van der Waals surface area contributed by atoms with Gasteiger partial charge >= 0.3 is 5.97 Å². The minimum absolute atomic E-state index is 0.127. The lowest BCUT2D eigenvalue weighted by Gasteiger charge is -2.14. The van der Waals surface area contributed by atoms with Gasteiger partial charge in [0.25, 0.3) is 0 Å². The Labute approximate surface area is 191 Å². The van der Waals surface area contributed by atoms with Crippen LogP contribution in [0.3, 0.4) is 0 Å². The fourth-order valence-electron chi connectivity index (χ4n) is 3.74. The van der Waals surface area contributed by atoms with Gasteiger partial charge in [0.15, 0.2) is 5.78 Å². The Morgan fingerprint density at radius 3 is 1.94 bits per heavy atom. The van der Waals surface area contributed by atoms with Crippen molar-refractivity contribution in [3.63, 3.8) is 0 Å². The molecule has 4 aromatic carbocycles. The van der Waals surface area contributed by atoms with E-state index in [-0.39, 0.29) is 11.3 Å². The van der Waals surface area contributed by atoms with E-state index in [1.165, 1.54) is 0 Å². The van der Waals surface area contributed by atoms with Crippen molar-refractivity contribution < 1.29 is 24.2 Å². The number of hydrogen-bond donors (Lipinski definition) is 1. The molecule has 5 heteroatoms. The van der Waals surface area contributed by atoms with Gasteiger partial charge < -0.3 is 14.6 Å². The standard InChI is InChI=1S/C28H22O5/c1-32-25-9-4-3-8-23(25)24-17-22(14-15-26(24)33-2)27(29)21-7-5-6-20(16-21)18-10-12-19(13-11-18)28(30)31/h3-17H,1-2H3,(H,30,31). The maximum atomic E-state index is 13.4. The molecule has 33 heavy (non-hydrogen) atoms. The molecule has 1 N–H and O–H groups in total. The van der Waals surface area contributed by atoms with Crippen LogP contribution < -0.4 is 9.47 Å². The third-order valence-corrected chi connectivity index (χ3v) is 5.45. The van der Waals surface area contributed by atoms with E-state index < -0.39 is 5.97 Å². The molecule has 0 amide bonds. The van der Waals surface area contributed by atoms with Crippen LogP contribution in [0.15, 0.2) is 91.0 Å². The van der Waals surface area contributed by atoms with Crippen LogP contribution in [0.2, 0.25) is 0 Å². The van der Waals surface area contributed by atoms with Gasteiger partial charge in [-0.3, -0.25) is 4.79 Å². The van der Waals surface area contributed by atoms with Gasteiger partial charge in [-0.15, -0.1) is 0 Å². The van der Waals surface area contributed by atoms with Gasteiger partial charge in [-0.25, -0.2) is 4.79 Å². The summed E-state index contributed by atoms with van der Waals surface area (Å²) in [4.78, 5) is 24.5. The van der Waals surface area contributed by atoms with E-state index in [0.717, 1.165) is 22.3 Å². The molecule has 0 heterocycles. The Hall–Kier alpha value is -4.38. The van der Waals surface area contributed by atoms with Crippen LogP contribution >= 0.6 is 0 Å². The number of methoxy groups -OCH3 is 2. The summed E-state index contributed by atoms with van der Waals surface area (Å²) >= 11 is 0. The predicted molar refractivity (Wildman–Crippen MR) is 127 cm³/mol. The third-order valence-electron chi connectivity index (χ3n) is 5.45. The molecule has 164 valence electrons. The fourth-order valence-corrected chi connectivity index (χ4v) is 3.74. The first-order valence-electron chi connectivity index (χ1n) is 10.3. The average molecular weight is 438 g/mol. The van der Waals surface area contributed by atoms with E-state index in [1.807, 2.05) is 48.5 Å². The van der Waals surface area contributed by atoms with E-state index in [1.54, 1.807) is 56.7 Å². The molecule has 0 saturated carbocycles. The highest BCUT2D eigenvalue weighted by atomic mass is 16.5. The number of carbonyl (C=O) groups is 2. The number of aromatic carboxylic acids is 1. The molecule has 0 aliphatic carbocycles. The quantitative estimate of drug-likeness (QED) is 0.360. The van der Waals surface area contributed by atoms with Crippen molar-refractivity contribution in [2.24, 2.45) is 0 Å². The molecule has 0 saturated heterocycles. The van der Waals surface area contributed by atoms with Crippen molar-refractivity contribution in [1.29, 1.82) is 0 Å². The van der Waals surface area contributed by atoms with Crippen LogP contribution in [-0.2, 0) is 0 Å². The number of carboxylic acids is 1. The van der Waals surface area contributed by atoms with Crippen LogP contribution in [0.25, 0.3) is 22.3 Å². The minimum Gasteiger partial charge on any atom is -0.496 e. The predicted octanol–water partition coefficient (Wildman–Crippen LogP) is 5.97. The molecule has 0 spiro atoms. The number of hydrogen-bond acceptors (Lipinski definition) is 4. The molecular weight excluding hydrogens is 416 g/mol. The van der Waals surface area contributed by atoms with Gasteiger partial charge in [-0.1, -0.05) is 48.5 Å². The van der Waals surface area contributed by atoms with Crippen molar-refractivity contribution in [3.8, 4) is 33.8 Å².